The number of hydrogen-bond acceptors (Lipinski definition) is 8. The summed E-state index contributed by atoms with van der Waals surface area (Å²) in [6, 6.07) is 9.02. The molecule has 154 valence electrons. The molecule has 3 aromatic rings. The molecule has 0 unspecified atom stereocenters. The van der Waals surface area contributed by atoms with Gasteiger partial charge in [0.2, 0.25) is 5.95 Å². The number of nitriles is 1. The van der Waals surface area contributed by atoms with Crippen molar-refractivity contribution < 1.29 is 9.13 Å². The monoisotopic (exact) mass is 408 g/mol. The lowest BCUT2D eigenvalue weighted by atomic mass is 10.1. The number of anilines is 2. The zero-order valence-electron chi connectivity index (χ0n) is 16.6. The van der Waals surface area contributed by atoms with Crippen molar-refractivity contribution in [3.8, 4) is 23.2 Å². The van der Waals surface area contributed by atoms with Crippen molar-refractivity contribution in [2.75, 3.05) is 18.4 Å². The first-order chi connectivity index (χ1) is 14.5. The van der Waals surface area contributed by atoms with Gasteiger partial charge < -0.3 is 15.4 Å². The number of nitrogens with one attached hydrogen (secondary N) is 2. The summed E-state index contributed by atoms with van der Waals surface area (Å²) in [7, 11) is 1.85. The average molecular weight is 408 g/mol. The Morgan fingerprint density at radius 2 is 2.20 bits per heavy atom. The molecule has 1 saturated heterocycles. The minimum absolute atomic E-state index is 0.251. The van der Waals surface area contributed by atoms with Crippen molar-refractivity contribution in [1.82, 2.24) is 30.0 Å². The summed E-state index contributed by atoms with van der Waals surface area (Å²) >= 11 is 0. The summed E-state index contributed by atoms with van der Waals surface area (Å²) in [5.41, 5.74) is 1.92. The molecule has 3 heterocycles. The van der Waals surface area contributed by atoms with Crippen LogP contribution in [-0.4, -0.2) is 50.1 Å². The highest BCUT2D eigenvalue weighted by Gasteiger charge is 2.27. The van der Waals surface area contributed by atoms with E-state index in [0.717, 1.165) is 5.69 Å². The molecule has 1 aromatic carbocycles. The SMILES string of the molecule is Cc1cc(Nc2ncnc(-c3ccc(O[C@H]4CCNC[C@H]4F)c(C#N)c3)n2)nn1C. The molecule has 2 aromatic heterocycles. The van der Waals surface area contributed by atoms with E-state index in [2.05, 4.69) is 36.8 Å². The Balaban J connectivity index is 1.56. The molecule has 1 aliphatic rings. The van der Waals surface area contributed by atoms with Crippen LogP contribution in [0.15, 0.2) is 30.6 Å². The van der Waals surface area contributed by atoms with Gasteiger partial charge in [0.05, 0.1) is 5.56 Å². The van der Waals surface area contributed by atoms with Gasteiger partial charge in [-0.3, -0.25) is 4.68 Å². The number of aromatic nitrogens is 5. The summed E-state index contributed by atoms with van der Waals surface area (Å²) in [4.78, 5) is 12.7. The minimum Gasteiger partial charge on any atom is -0.486 e. The van der Waals surface area contributed by atoms with Gasteiger partial charge >= 0.3 is 0 Å². The fourth-order valence-corrected chi connectivity index (χ4v) is 3.18. The smallest absolute Gasteiger partial charge is 0.231 e. The lowest BCUT2D eigenvalue weighted by molar-refractivity contribution is 0.0729. The van der Waals surface area contributed by atoms with E-state index in [-0.39, 0.29) is 6.54 Å². The highest BCUT2D eigenvalue weighted by Crippen LogP contribution is 2.27. The van der Waals surface area contributed by atoms with Crippen LogP contribution in [0.5, 0.6) is 5.75 Å². The molecule has 0 spiro atoms. The zero-order valence-corrected chi connectivity index (χ0v) is 16.6. The highest BCUT2D eigenvalue weighted by molar-refractivity contribution is 5.62. The molecule has 30 heavy (non-hydrogen) atoms. The van der Waals surface area contributed by atoms with Gasteiger partial charge in [-0.1, -0.05) is 0 Å². The van der Waals surface area contributed by atoms with E-state index >= 15 is 0 Å². The largest absolute Gasteiger partial charge is 0.486 e. The van der Waals surface area contributed by atoms with E-state index in [0.29, 0.717) is 47.4 Å². The van der Waals surface area contributed by atoms with Gasteiger partial charge in [0, 0.05) is 30.9 Å². The molecule has 0 aliphatic carbocycles. The van der Waals surface area contributed by atoms with Crippen LogP contribution in [0, 0.1) is 18.3 Å². The van der Waals surface area contributed by atoms with Gasteiger partial charge in [0.15, 0.2) is 11.6 Å². The van der Waals surface area contributed by atoms with Gasteiger partial charge in [0.25, 0.3) is 0 Å². The molecule has 2 atom stereocenters. The van der Waals surface area contributed by atoms with Crippen molar-refractivity contribution in [3.05, 3.63) is 41.9 Å². The molecular weight excluding hydrogens is 387 g/mol. The van der Waals surface area contributed by atoms with E-state index < -0.39 is 12.3 Å². The molecule has 1 fully saturated rings. The van der Waals surface area contributed by atoms with Crippen LogP contribution in [0.4, 0.5) is 16.2 Å². The summed E-state index contributed by atoms with van der Waals surface area (Å²) in [5.74, 6) is 1.71. The van der Waals surface area contributed by atoms with Crippen LogP contribution in [0.3, 0.4) is 0 Å². The van der Waals surface area contributed by atoms with Crippen LogP contribution < -0.4 is 15.4 Å². The van der Waals surface area contributed by atoms with Gasteiger partial charge in [-0.15, -0.1) is 0 Å². The molecular formula is C20H21FN8O. The second-order valence-electron chi connectivity index (χ2n) is 7.04. The Morgan fingerprint density at radius 1 is 1.33 bits per heavy atom. The predicted molar refractivity (Wildman–Crippen MR) is 108 cm³/mol. The number of piperidine rings is 1. The first kappa shape index (κ1) is 19.7. The van der Waals surface area contributed by atoms with E-state index in [1.807, 2.05) is 20.0 Å². The lowest BCUT2D eigenvalue weighted by Crippen LogP contribution is -2.44. The summed E-state index contributed by atoms with van der Waals surface area (Å²) in [6.45, 7) is 2.88. The minimum atomic E-state index is -1.11. The molecule has 4 rings (SSSR count). The van der Waals surface area contributed by atoms with Crippen LogP contribution in [0.1, 0.15) is 17.7 Å². The Morgan fingerprint density at radius 3 is 2.93 bits per heavy atom. The van der Waals surface area contributed by atoms with E-state index in [4.69, 9.17) is 4.74 Å². The number of hydrogen-bond donors (Lipinski definition) is 2. The summed E-state index contributed by atoms with van der Waals surface area (Å²) < 4.78 is 21.6. The first-order valence-electron chi connectivity index (χ1n) is 9.56. The number of halogens is 1. The van der Waals surface area contributed by atoms with Crippen molar-refractivity contribution in [2.24, 2.45) is 7.05 Å². The average Bonchev–Trinajstić information content (AvgIpc) is 3.06. The number of rotatable bonds is 5. The number of alkyl halides is 1. The van der Waals surface area contributed by atoms with E-state index in [1.54, 1.807) is 22.9 Å². The maximum atomic E-state index is 14.1. The van der Waals surface area contributed by atoms with Crippen LogP contribution in [0.25, 0.3) is 11.4 Å². The molecule has 0 amide bonds. The van der Waals surface area contributed by atoms with Gasteiger partial charge in [-0.05, 0) is 38.1 Å². The molecule has 2 N–H and O–H groups in total. The predicted octanol–water partition coefficient (Wildman–Crippen LogP) is 2.27. The third-order valence-electron chi connectivity index (χ3n) is 4.91. The highest BCUT2D eigenvalue weighted by atomic mass is 19.1. The quantitative estimate of drug-likeness (QED) is 0.661. The Bertz CT molecular complexity index is 1070. The van der Waals surface area contributed by atoms with Crippen molar-refractivity contribution in [1.29, 1.82) is 5.26 Å². The van der Waals surface area contributed by atoms with Crippen molar-refractivity contribution >= 4 is 11.8 Å². The standard InChI is InChI=1S/C20H21FN8O/c1-12-7-18(28-29(12)2)26-20-25-11-24-19(27-20)13-3-4-16(14(8-13)9-22)30-17-5-6-23-10-15(17)21/h3-4,7-8,11,15,17,23H,5-6,10H2,1-2H3,(H,24,25,26,27,28)/t15-,17+/m1/s1. The third-order valence-corrected chi connectivity index (χ3v) is 4.91. The van der Waals surface area contributed by atoms with Crippen LogP contribution in [0.2, 0.25) is 0 Å². The first-order valence-corrected chi connectivity index (χ1v) is 9.56. The van der Waals surface area contributed by atoms with Crippen LogP contribution in [-0.2, 0) is 7.05 Å². The van der Waals surface area contributed by atoms with Gasteiger partial charge in [-0.25, -0.2) is 14.4 Å². The number of aryl methyl sites for hydroxylation is 2. The molecule has 1 aliphatic heterocycles. The van der Waals surface area contributed by atoms with Crippen LogP contribution >= 0.6 is 0 Å². The second kappa shape index (κ2) is 8.42. The third kappa shape index (κ3) is 4.21. The maximum absolute atomic E-state index is 14.1. The Hall–Kier alpha value is -3.58. The summed E-state index contributed by atoms with van der Waals surface area (Å²) in [5, 5.41) is 19.9. The number of ether oxygens (including phenoxy) is 1. The van der Waals surface area contributed by atoms with E-state index in [9.17, 15) is 9.65 Å². The van der Waals surface area contributed by atoms with Crippen molar-refractivity contribution in [2.45, 2.75) is 25.6 Å². The van der Waals surface area contributed by atoms with Crippen molar-refractivity contribution in [3.63, 3.8) is 0 Å². The summed E-state index contributed by atoms with van der Waals surface area (Å²) in [6.07, 6.45) is 0.250. The fraction of sp³-hybridized carbons (Fsp3) is 0.350. The topological polar surface area (TPSA) is 114 Å². The normalized spacial score (nSPS) is 18.6. The lowest BCUT2D eigenvalue weighted by Gasteiger charge is -2.27. The van der Waals surface area contributed by atoms with Gasteiger partial charge in [0.1, 0.15) is 30.4 Å². The molecule has 9 nitrogen and oxygen atoms in total. The van der Waals surface area contributed by atoms with Gasteiger partial charge in [-0.2, -0.15) is 15.3 Å². The molecule has 0 saturated carbocycles. The number of benzene rings is 1. The zero-order chi connectivity index (χ0) is 21.1. The Kier molecular flexibility index (Phi) is 5.54. The molecule has 10 heteroatoms. The fourth-order valence-electron chi connectivity index (χ4n) is 3.18. The Labute approximate surface area is 172 Å². The number of nitrogens with zero attached hydrogens (tertiary/aromatic N) is 6. The second-order valence-corrected chi connectivity index (χ2v) is 7.04. The molecule has 0 bridgehead atoms. The maximum Gasteiger partial charge on any atom is 0.231 e. The van der Waals surface area contributed by atoms with E-state index in [1.165, 1.54) is 6.33 Å². The molecule has 0 radical (unpaired) electrons.